The number of nitrogens with one attached hydrogen (secondary N) is 1. The van der Waals surface area contributed by atoms with Crippen molar-refractivity contribution in [3.63, 3.8) is 0 Å². The molecule has 0 spiro atoms. The van der Waals surface area contributed by atoms with Crippen molar-refractivity contribution in [1.29, 1.82) is 0 Å². The number of aliphatic hydroxyl groups excluding tert-OH is 1. The summed E-state index contributed by atoms with van der Waals surface area (Å²) in [6.45, 7) is 6.01. The smallest absolute Gasteiger partial charge is 0.0636 e. The molecule has 0 radical (unpaired) electrons. The third kappa shape index (κ3) is 3.52. The average Bonchev–Trinajstić information content (AvgIpc) is 2.35. The molecule has 0 bridgehead atoms. The van der Waals surface area contributed by atoms with Crippen molar-refractivity contribution in [2.24, 2.45) is 5.92 Å². The molecule has 0 saturated carbocycles. The molecule has 12 heavy (non-hydrogen) atoms. The monoisotopic (exact) mass is 172 g/mol. The predicted octanol–water partition coefficient (Wildman–Crippen LogP) is -0.0915. The Balaban J connectivity index is 2.00. The minimum absolute atomic E-state index is 0.218. The molecule has 1 aliphatic rings. The Morgan fingerprint density at radius 2 is 2.42 bits per heavy atom. The number of hydrogen-bond donors (Lipinski definition) is 2. The molecule has 3 heteroatoms. The van der Waals surface area contributed by atoms with Gasteiger partial charge in [0.05, 0.1) is 6.10 Å². The van der Waals surface area contributed by atoms with Crippen LogP contribution in [0.4, 0.5) is 0 Å². The van der Waals surface area contributed by atoms with E-state index in [1.807, 2.05) is 6.92 Å². The van der Waals surface area contributed by atoms with Crippen LogP contribution >= 0.6 is 0 Å². The van der Waals surface area contributed by atoms with E-state index < -0.39 is 0 Å². The Hall–Kier alpha value is -0.120. The van der Waals surface area contributed by atoms with Gasteiger partial charge in [0, 0.05) is 13.1 Å². The lowest BCUT2D eigenvalue weighted by Gasteiger charge is -2.12. The summed E-state index contributed by atoms with van der Waals surface area (Å²) in [5.74, 6) is 0.786. The standard InChI is InChI=1S/C9H20N2O/c1-8(12)5-10-6-9-3-4-11(2)7-9/h8-10,12H,3-7H2,1-2H3/t8-,9?/m1/s1. The molecule has 72 valence electrons. The van der Waals surface area contributed by atoms with Gasteiger partial charge >= 0.3 is 0 Å². The van der Waals surface area contributed by atoms with Crippen molar-refractivity contribution in [2.75, 3.05) is 33.2 Å². The van der Waals surface area contributed by atoms with E-state index in [1.54, 1.807) is 0 Å². The fourth-order valence-electron chi connectivity index (χ4n) is 1.69. The zero-order valence-corrected chi connectivity index (χ0v) is 8.08. The quantitative estimate of drug-likeness (QED) is 0.622. The molecule has 0 aromatic carbocycles. The Kier molecular flexibility index (Phi) is 3.98. The van der Waals surface area contributed by atoms with Crippen molar-refractivity contribution in [3.8, 4) is 0 Å². The first kappa shape index (κ1) is 9.96. The molecule has 1 saturated heterocycles. The molecule has 0 aliphatic carbocycles. The summed E-state index contributed by atoms with van der Waals surface area (Å²) in [4.78, 5) is 2.36. The fourth-order valence-corrected chi connectivity index (χ4v) is 1.69. The van der Waals surface area contributed by atoms with E-state index in [0.717, 1.165) is 19.0 Å². The van der Waals surface area contributed by atoms with Gasteiger partial charge in [-0.15, -0.1) is 0 Å². The van der Waals surface area contributed by atoms with Crippen molar-refractivity contribution in [3.05, 3.63) is 0 Å². The number of rotatable bonds is 4. The summed E-state index contributed by atoms with van der Waals surface area (Å²) in [6, 6.07) is 0. The maximum absolute atomic E-state index is 9.01. The average molecular weight is 172 g/mol. The fraction of sp³-hybridized carbons (Fsp3) is 1.00. The van der Waals surface area contributed by atoms with Gasteiger partial charge in [-0.25, -0.2) is 0 Å². The zero-order chi connectivity index (χ0) is 8.97. The van der Waals surface area contributed by atoms with Gasteiger partial charge in [0.25, 0.3) is 0 Å². The number of aliphatic hydroxyl groups is 1. The van der Waals surface area contributed by atoms with Gasteiger partial charge in [0.15, 0.2) is 0 Å². The van der Waals surface area contributed by atoms with E-state index in [1.165, 1.54) is 19.5 Å². The van der Waals surface area contributed by atoms with E-state index in [-0.39, 0.29) is 6.10 Å². The maximum Gasteiger partial charge on any atom is 0.0636 e. The molecular weight excluding hydrogens is 152 g/mol. The molecule has 0 amide bonds. The first-order chi connectivity index (χ1) is 5.68. The summed E-state index contributed by atoms with van der Waals surface area (Å²) in [7, 11) is 2.16. The first-order valence-electron chi connectivity index (χ1n) is 4.76. The van der Waals surface area contributed by atoms with Gasteiger partial charge in [-0.3, -0.25) is 0 Å². The van der Waals surface area contributed by atoms with Crippen LogP contribution in [0.5, 0.6) is 0 Å². The van der Waals surface area contributed by atoms with Crippen molar-refractivity contribution in [2.45, 2.75) is 19.4 Å². The van der Waals surface area contributed by atoms with Crippen molar-refractivity contribution in [1.82, 2.24) is 10.2 Å². The number of likely N-dealkylation sites (tertiary alicyclic amines) is 1. The van der Waals surface area contributed by atoms with Crippen LogP contribution in [0.25, 0.3) is 0 Å². The Bertz CT molecular complexity index is 128. The topological polar surface area (TPSA) is 35.5 Å². The molecule has 3 nitrogen and oxygen atoms in total. The predicted molar refractivity (Wildman–Crippen MR) is 50.2 cm³/mol. The number of nitrogens with zero attached hydrogens (tertiary/aromatic N) is 1. The molecule has 2 N–H and O–H groups in total. The molecule has 0 aromatic rings. The summed E-state index contributed by atoms with van der Waals surface area (Å²) in [5, 5.41) is 12.3. The highest BCUT2D eigenvalue weighted by molar-refractivity contribution is 4.74. The van der Waals surface area contributed by atoms with Crippen LogP contribution in [0.15, 0.2) is 0 Å². The lowest BCUT2D eigenvalue weighted by Crippen LogP contribution is -2.30. The summed E-state index contributed by atoms with van der Waals surface area (Å²) < 4.78 is 0. The van der Waals surface area contributed by atoms with Gasteiger partial charge in [-0.2, -0.15) is 0 Å². The highest BCUT2D eigenvalue weighted by Gasteiger charge is 2.18. The van der Waals surface area contributed by atoms with E-state index in [9.17, 15) is 0 Å². The largest absolute Gasteiger partial charge is 0.392 e. The normalized spacial score (nSPS) is 27.8. The van der Waals surface area contributed by atoms with Crippen LogP contribution in [-0.4, -0.2) is 49.3 Å². The molecule has 0 aromatic heterocycles. The second-order valence-electron chi connectivity index (χ2n) is 3.92. The molecule has 2 atom stereocenters. The minimum atomic E-state index is -0.218. The van der Waals surface area contributed by atoms with E-state index >= 15 is 0 Å². The van der Waals surface area contributed by atoms with Gasteiger partial charge < -0.3 is 15.3 Å². The Morgan fingerprint density at radius 3 is 2.92 bits per heavy atom. The number of hydrogen-bond acceptors (Lipinski definition) is 3. The molecule has 1 heterocycles. The van der Waals surface area contributed by atoms with Crippen LogP contribution in [0, 0.1) is 5.92 Å². The van der Waals surface area contributed by atoms with Crippen LogP contribution < -0.4 is 5.32 Å². The highest BCUT2D eigenvalue weighted by atomic mass is 16.3. The Morgan fingerprint density at radius 1 is 1.67 bits per heavy atom. The third-order valence-electron chi connectivity index (χ3n) is 2.36. The molecule has 1 fully saturated rings. The molecule has 1 unspecified atom stereocenters. The second-order valence-corrected chi connectivity index (χ2v) is 3.92. The van der Waals surface area contributed by atoms with E-state index in [2.05, 4.69) is 17.3 Å². The first-order valence-corrected chi connectivity index (χ1v) is 4.76. The summed E-state index contributed by atoms with van der Waals surface area (Å²) in [5.41, 5.74) is 0. The minimum Gasteiger partial charge on any atom is -0.392 e. The van der Waals surface area contributed by atoms with Gasteiger partial charge in [0.1, 0.15) is 0 Å². The van der Waals surface area contributed by atoms with Crippen LogP contribution in [-0.2, 0) is 0 Å². The molecule has 1 aliphatic heterocycles. The Labute approximate surface area is 74.8 Å². The van der Waals surface area contributed by atoms with Gasteiger partial charge in [-0.1, -0.05) is 0 Å². The third-order valence-corrected chi connectivity index (χ3v) is 2.36. The maximum atomic E-state index is 9.01. The van der Waals surface area contributed by atoms with Crippen LogP contribution in [0.2, 0.25) is 0 Å². The molecule has 1 rings (SSSR count). The van der Waals surface area contributed by atoms with Crippen LogP contribution in [0.3, 0.4) is 0 Å². The molecular formula is C9H20N2O. The van der Waals surface area contributed by atoms with E-state index in [4.69, 9.17) is 5.11 Å². The SMILES string of the molecule is C[C@@H](O)CNCC1CCN(C)C1. The van der Waals surface area contributed by atoms with E-state index in [0.29, 0.717) is 0 Å². The lowest BCUT2D eigenvalue weighted by molar-refractivity contribution is 0.189. The second kappa shape index (κ2) is 4.80. The van der Waals surface area contributed by atoms with Crippen LogP contribution in [0.1, 0.15) is 13.3 Å². The highest BCUT2D eigenvalue weighted by Crippen LogP contribution is 2.12. The summed E-state index contributed by atoms with van der Waals surface area (Å²) in [6.07, 6.45) is 1.08. The van der Waals surface area contributed by atoms with Gasteiger partial charge in [-0.05, 0) is 39.4 Å². The lowest BCUT2D eigenvalue weighted by atomic mass is 10.1. The van der Waals surface area contributed by atoms with Crippen molar-refractivity contribution >= 4 is 0 Å². The summed E-state index contributed by atoms with van der Waals surface area (Å²) >= 11 is 0. The van der Waals surface area contributed by atoms with Gasteiger partial charge in [0.2, 0.25) is 0 Å². The zero-order valence-electron chi connectivity index (χ0n) is 8.08. The van der Waals surface area contributed by atoms with Crippen molar-refractivity contribution < 1.29 is 5.11 Å².